The van der Waals surface area contributed by atoms with Crippen LogP contribution >= 0.6 is 0 Å². The van der Waals surface area contributed by atoms with Gasteiger partial charge in [-0.2, -0.15) is 0 Å². The third kappa shape index (κ3) is 8.62. The number of unbranched alkanes of at least 4 members (excludes halogenated alkanes) is 6. The van der Waals surface area contributed by atoms with Crippen LogP contribution in [-0.2, 0) is 14.0 Å². The third-order valence-electron chi connectivity index (χ3n) is 3.62. The fourth-order valence-electron chi connectivity index (χ4n) is 2.27. The molecule has 130 valence electrons. The van der Waals surface area contributed by atoms with Crippen molar-refractivity contribution in [1.82, 2.24) is 0 Å². The first-order chi connectivity index (χ1) is 10.1. The summed E-state index contributed by atoms with van der Waals surface area (Å²) in [6.45, 7) is 12.4. The molecule has 0 radical (unpaired) electrons. The predicted octanol–water partition coefficient (Wildman–Crippen LogP) is 5.67. The minimum Gasteiger partial charge on any atom is -0.547 e. The van der Waals surface area contributed by atoms with Crippen molar-refractivity contribution in [1.29, 1.82) is 0 Å². The molecular weight excluding hydrogens is 292 g/mol. The quantitative estimate of drug-likeness (QED) is 0.212. The molecule has 0 saturated carbocycles. The molecule has 0 aliphatic carbocycles. The molecule has 0 aromatic heterocycles. The van der Waals surface area contributed by atoms with Gasteiger partial charge >= 0.3 is 5.97 Å². The van der Waals surface area contributed by atoms with Crippen LogP contribution in [0.5, 0.6) is 0 Å². The van der Waals surface area contributed by atoms with E-state index in [1.54, 1.807) is 0 Å². The van der Waals surface area contributed by atoms with Crippen LogP contribution in [0.25, 0.3) is 0 Å². The summed E-state index contributed by atoms with van der Waals surface area (Å²) in [5.74, 6) is 0.548. The van der Waals surface area contributed by atoms with Crippen LogP contribution in [-0.4, -0.2) is 21.4 Å². The van der Waals surface area contributed by atoms with Gasteiger partial charge in [-0.3, -0.25) is 4.79 Å². The van der Waals surface area contributed by atoms with Gasteiger partial charge in [0.1, 0.15) is 5.41 Å². The molecule has 0 aromatic carbocycles. The zero-order chi connectivity index (χ0) is 17.2. The van der Waals surface area contributed by atoms with Gasteiger partial charge in [-0.05, 0) is 52.4 Å². The van der Waals surface area contributed by atoms with Crippen molar-refractivity contribution in [2.75, 3.05) is 7.11 Å². The van der Waals surface area contributed by atoms with Gasteiger partial charge in [-0.25, -0.2) is 0 Å². The second kappa shape index (κ2) is 10.1. The normalized spacial score (nSPS) is 13.1. The number of allylic oxidation sites excluding steroid dienone is 1. The zero-order valence-electron chi connectivity index (χ0n) is 15.8. The third-order valence-corrected chi connectivity index (χ3v) is 4.45. The van der Waals surface area contributed by atoms with E-state index in [1.807, 2.05) is 13.8 Å². The van der Waals surface area contributed by atoms with E-state index in [1.165, 1.54) is 39.2 Å². The van der Waals surface area contributed by atoms with Gasteiger partial charge in [0.15, 0.2) is 0 Å². The highest BCUT2D eigenvalue weighted by Gasteiger charge is 2.36. The molecular formula is C18H36O3Si. The summed E-state index contributed by atoms with van der Waals surface area (Å²) in [7, 11) is -0.316. The lowest BCUT2D eigenvalue weighted by Crippen LogP contribution is -2.35. The van der Waals surface area contributed by atoms with Gasteiger partial charge in [-0.15, -0.1) is 0 Å². The minimum atomic E-state index is -1.75. The minimum absolute atomic E-state index is 0.236. The Morgan fingerprint density at radius 2 is 1.59 bits per heavy atom. The number of hydrogen-bond acceptors (Lipinski definition) is 3. The van der Waals surface area contributed by atoms with Crippen molar-refractivity contribution < 1.29 is 14.0 Å². The molecule has 0 bridgehead atoms. The molecule has 0 fully saturated rings. The number of esters is 1. The molecule has 0 aliphatic heterocycles. The first kappa shape index (κ1) is 21.2. The van der Waals surface area contributed by atoms with Crippen molar-refractivity contribution in [2.45, 2.75) is 85.4 Å². The Balaban J connectivity index is 4.66. The Morgan fingerprint density at radius 3 is 2.09 bits per heavy atom. The van der Waals surface area contributed by atoms with Crippen LogP contribution in [0.3, 0.4) is 0 Å². The van der Waals surface area contributed by atoms with Crippen molar-refractivity contribution in [2.24, 2.45) is 5.41 Å². The van der Waals surface area contributed by atoms with E-state index in [4.69, 9.17) is 9.16 Å². The van der Waals surface area contributed by atoms with Crippen molar-refractivity contribution >= 4 is 14.3 Å². The number of ether oxygens (including phenoxy) is 1. The molecule has 4 heteroatoms. The first-order valence-electron chi connectivity index (χ1n) is 8.63. The van der Waals surface area contributed by atoms with E-state index in [0.717, 1.165) is 18.6 Å². The van der Waals surface area contributed by atoms with Crippen LogP contribution in [0.15, 0.2) is 11.8 Å². The molecule has 0 aliphatic rings. The number of carbonyl (C=O) groups is 1. The summed E-state index contributed by atoms with van der Waals surface area (Å²) in [6.07, 6.45) is 10.7. The molecule has 0 spiro atoms. The fourth-order valence-corrected chi connectivity index (χ4v) is 3.27. The maximum absolute atomic E-state index is 12.0. The average molecular weight is 329 g/mol. The topological polar surface area (TPSA) is 35.5 Å². The molecule has 0 atom stereocenters. The maximum atomic E-state index is 12.0. The van der Waals surface area contributed by atoms with Crippen LogP contribution in [0, 0.1) is 5.41 Å². The molecule has 0 N–H and O–H groups in total. The molecule has 3 nitrogen and oxygen atoms in total. The summed E-state index contributed by atoms with van der Waals surface area (Å²) in [4.78, 5) is 12.0. The molecule has 0 heterocycles. The SMILES string of the molecule is CCCCCCCC/C=C(\O[Si](C)(C)C)C(C)(C)C(=O)OC. The van der Waals surface area contributed by atoms with E-state index >= 15 is 0 Å². The zero-order valence-corrected chi connectivity index (χ0v) is 16.8. The van der Waals surface area contributed by atoms with Crippen molar-refractivity contribution in [3.63, 3.8) is 0 Å². The van der Waals surface area contributed by atoms with Gasteiger partial charge in [-0.1, -0.05) is 39.0 Å². The van der Waals surface area contributed by atoms with Gasteiger partial charge in [0.2, 0.25) is 8.32 Å². The summed E-state index contributed by atoms with van der Waals surface area (Å²) in [6, 6.07) is 0. The monoisotopic (exact) mass is 328 g/mol. The number of methoxy groups -OCH3 is 1. The first-order valence-corrected chi connectivity index (χ1v) is 12.0. The van der Waals surface area contributed by atoms with Gasteiger partial charge in [0, 0.05) is 0 Å². The van der Waals surface area contributed by atoms with E-state index < -0.39 is 13.7 Å². The van der Waals surface area contributed by atoms with Gasteiger partial charge in [0.25, 0.3) is 0 Å². The molecule has 0 unspecified atom stereocenters. The Morgan fingerprint density at radius 1 is 1.05 bits per heavy atom. The highest BCUT2D eigenvalue weighted by molar-refractivity contribution is 6.70. The van der Waals surface area contributed by atoms with Crippen LogP contribution in [0.1, 0.15) is 65.7 Å². The van der Waals surface area contributed by atoms with E-state index in [2.05, 4.69) is 32.6 Å². The molecule has 0 amide bonds. The lowest BCUT2D eigenvalue weighted by atomic mass is 9.90. The second-order valence-electron chi connectivity index (χ2n) is 7.46. The number of rotatable bonds is 11. The highest BCUT2D eigenvalue weighted by atomic mass is 28.4. The van der Waals surface area contributed by atoms with E-state index in [-0.39, 0.29) is 5.97 Å². The van der Waals surface area contributed by atoms with Gasteiger partial charge in [0.05, 0.1) is 12.9 Å². The Hall–Kier alpha value is -0.773. The second-order valence-corrected chi connectivity index (χ2v) is 11.9. The predicted molar refractivity (Wildman–Crippen MR) is 96.3 cm³/mol. The summed E-state index contributed by atoms with van der Waals surface area (Å²) in [5, 5.41) is 0. The Labute approximate surface area is 138 Å². The van der Waals surface area contributed by atoms with Gasteiger partial charge < -0.3 is 9.16 Å². The largest absolute Gasteiger partial charge is 0.547 e. The van der Waals surface area contributed by atoms with E-state index in [9.17, 15) is 4.79 Å². The number of carbonyl (C=O) groups excluding carboxylic acids is 1. The van der Waals surface area contributed by atoms with E-state index in [0.29, 0.717) is 0 Å². The summed E-state index contributed by atoms with van der Waals surface area (Å²) >= 11 is 0. The molecule has 0 saturated heterocycles. The highest BCUT2D eigenvalue weighted by Crippen LogP contribution is 2.32. The van der Waals surface area contributed by atoms with Crippen LogP contribution in [0.2, 0.25) is 19.6 Å². The standard InChI is InChI=1S/C18H36O3Si/c1-8-9-10-11-12-13-14-15-16(21-22(5,6)7)18(2,3)17(19)20-4/h15H,8-14H2,1-7H3/b16-15-. The summed E-state index contributed by atoms with van der Waals surface area (Å²) < 4.78 is 11.1. The fraction of sp³-hybridized carbons (Fsp3) is 0.833. The molecule has 22 heavy (non-hydrogen) atoms. The lowest BCUT2D eigenvalue weighted by molar-refractivity contribution is -0.149. The smallest absolute Gasteiger partial charge is 0.318 e. The van der Waals surface area contributed by atoms with Crippen LogP contribution in [0.4, 0.5) is 0 Å². The summed E-state index contributed by atoms with van der Waals surface area (Å²) in [5.41, 5.74) is -0.711. The van der Waals surface area contributed by atoms with Crippen LogP contribution < -0.4 is 0 Å². The Kier molecular flexibility index (Phi) is 9.73. The van der Waals surface area contributed by atoms with Crippen molar-refractivity contribution in [3.05, 3.63) is 11.8 Å². The Bertz CT molecular complexity index is 354. The maximum Gasteiger partial charge on any atom is 0.318 e. The number of hydrogen-bond donors (Lipinski definition) is 0. The molecule has 0 rings (SSSR count). The lowest BCUT2D eigenvalue weighted by Gasteiger charge is -2.31. The molecule has 0 aromatic rings. The average Bonchev–Trinajstić information content (AvgIpc) is 2.42. The van der Waals surface area contributed by atoms with Crippen molar-refractivity contribution in [3.8, 4) is 0 Å².